The summed E-state index contributed by atoms with van der Waals surface area (Å²) >= 11 is 11.0. The molecule has 7 heteroatoms. The Morgan fingerprint density at radius 3 is 2.70 bits per heavy atom. The molecule has 0 atom stereocenters. The fraction of sp³-hybridized carbons (Fsp3) is 0.154. The molecular formula is C13H12ClFN4S. The van der Waals surface area contributed by atoms with E-state index in [4.69, 9.17) is 29.6 Å². The van der Waals surface area contributed by atoms with E-state index < -0.39 is 5.82 Å². The van der Waals surface area contributed by atoms with Gasteiger partial charge in [0.25, 0.3) is 0 Å². The molecule has 3 N–H and O–H groups in total. The van der Waals surface area contributed by atoms with Gasteiger partial charge in [0.05, 0.1) is 22.0 Å². The van der Waals surface area contributed by atoms with Crippen LogP contribution in [0.25, 0.3) is 0 Å². The lowest BCUT2D eigenvalue weighted by Crippen LogP contribution is -2.17. The fourth-order valence-corrected chi connectivity index (χ4v) is 2.13. The standard InChI is InChI=1S/C13H12ClFN4S/c1-6-7(2)18-19-13(11(6)12(16)20)17-10-5-8(15)3-4-9(10)14/h3-5H,1-2H3,(H2,16,20)(H,17,19). The molecule has 0 fully saturated rings. The zero-order valence-electron chi connectivity index (χ0n) is 10.9. The highest BCUT2D eigenvalue weighted by Crippen LogP contribution is 2.28. The van der Waals surface area contributed by atoms with Crippen LogP contribution in [0.2, 0.25) is 5.02 Å². The maximum absolute atomic E-state index is 13.3. The average molecular weight is 311 g/mol. The van der Waals surface area contributed by atoms with Crippen molar-refractivity contribution in [2.24, 2.45) is 5.73 Å². The summed E-state index contributed by atoms with van der Waals surface area (Å²) in [7, 11) is 0. The van der Waals surface area contributed by atoms with Crippen LogP contribution in [-0.4, -0.2) is 15.2 Å². The van der Waals surface area contributed by atoms with E-state index in [0.29, 0.717) is 22.1 Å². The molecule has 0 saturated carbocycles. The number of rotatable bonds is 3. The number of benzene rings is 1. The number of nitrogens with two attached hydrogens (primary N) is 1. The number of aromatic nitrogens is 2. The number of anilines is 2. The third kappa shape index (κ3) is 2.86. The first-order valence-electron chi connectivity index (χ1n) is 5.76. The zero-order chi connectivity index (χ0) is 14.9. The van der Waals surface area contributed by atoms with E-state index >= 15 is 0 Å². The first kappa shape index (κ1) is 14.6. The Morgan fingerprint density at radius 2 is 2.05 bits per heavy atom. The molecule has 0 aliphatic carbocycles. The van der Waals surface area contributed by atoms with Gasteiger partial charge < -0.3 is 11.1 Å². The maximum Gasteiger partial charge on any atom is 0.163 e. The van der Waals surface area contributed by atoms with Gasteiger partial charge in [0, 0.05) is 0 Å². The van der Waals surface area contributed by atoms with E-state index in [9.17, 15) is 4.39 Å². The van der Waals surface area contributed by atoms with Crippen molar-refractivity contribution in [3.05, 3.63) is 45.9 Å². The van der Waals surface area contributed by atoms with E-state index in [1.165, 1.54) is 18.2 Å². The van der Waals surface area contributed by atoms with Crippen molar-refractivity contribution in [1.82, 2.24) is 10.2 Å². The van der Waals surface area contributed by atoms with Gasteiger partial charge in [-0.05, 0) is 37.6 Å². The van der Waals surface area contributed by atoms with E-state index in [1.54, 1.807) is 0 Å². The second kappa shape index (κ2) is 5.68. The van der Waals surface area contributed by atoms with Crippen LogP contribution in [0.3, 0.4) is 0 Å². The SMILES string of the molecule is Cc1nnc(Nc2cc(F)ccc2Cl)c(C(N)=S)c1C. The van der Waals surface area contributed by atoms with E-state index in [0.717, 1.165) is 11.3 Å². The first-order valence-corrected chi connectivity index (χ1v) is 6.54. The van der Waals surface area contributed by atoms with Gasteiger partial charge in [0.2, 0.25) is 0 Å². The normalized spacial score (nSPS) is 10.4. The number of halogens is 2. The summed E-state index contributed by atoms with van der Waals surface area (Å²) in [5.41, 5.74) is 8.22. The van der Waals surface area contributed by atoms with E-state index in [-0.39, 0.29) is 4.99 Å². The summed E-state index contributed by atoms with van der Waals surface area (Å²) < 4.78 is 13.3. The molecule has 1 heterocycles. The molecule has 0 saturated heterocycles. The van der Waals surface area contributed by atoms with Crippen molar-refractivity contribution < 1.29 is 4.39 Å². The van der Waals surface area contributed by atoms with Crippen molar-refractivity contribution in [2.45, 2.75) is 13.8 Å². The Hall–Kier alpha value is -1.79. The summed E-state index contributed by atoms with van der Waals surface area (Å²) in [4.78, 5) is 0.190. The molecule has 104 valence electrons. The van der Waals surface area contributed by atoms with Crippen molar-refractivity contribution >= 4 is 40.3 Å². The number of nitrogens with zero attached hydrogens (tertiary/aromatic N) is 2. The Kier molecular flexibility index (Phi) is 4.15. The third-order valence-electron chi connectivity index (χ3n) is 2.88. The summed E-state index contributed by atoms with van der Waals surface area (Å²) in [6.45, 7) is 3.65. The minimum atomic E-state index is -0.412. The van der Waals surface area contributed by atoms with Crippen molar-refractivity contribution in [1.29, 1.82) is 0 Å². The minimum absolute atomic E-state index is 0.190. The quantitative estimate of drug-likeness (QED) is 0.852. The largest absolute Gasteiger partial charge is 0.389 e. The Balaban J connectivity index is 2.51. The van der Waals surface area contributed by atoms with Crippen molar-refractivity contribution in [2.75, 3.05) is 5.32 Å². The summed E-state index contributed by atoms with van der Waals surface area (Å²) in [6, 6.07) is 3.99. The molecule has 20 heavy (non-hydrogen) atoms. The topological polar surface area (TPSA) is 63.8 Å². The number of aryl methyl sites for hydroxylation is 1. The molecule has 0 aliphatic rings. The van der Waals surface area contributed by atoms with Crippen LogP contribution >= 0.6 is 23.8 Å². The van der Waals surface area contributed by atoms with Gasteiger partial charge in [-0.1, -0.05) is 23.8 Å². The molecular weight excluding hydrogens is 299 g/mol. The van der Waals surface area contributed by atoms with Crippen LogP contribution in [0.15, 0.2) is 18.2 Å². The molecule has 2 rings (SSSR count). The lowest BCUT2D eigenvalue weighted by molar-refractivity contribution is 0.628. The lowest BCUT2D eigenvalue weighted by Gasteiger charge is -2.14. The third-order valence-corrected chi connectivity index (χ3v) is 3.42. The number of thiocarbonyl (C=S) groups is 1. The highest BCUT2D eigenvalue weighted by atomic mass is 35.5. The smallest absolute Gasteiger partial charge is 0.163 e. The van der Waals surface area contributed by atoms with Gasteiger partial charge in [-0.3, -0.25) is 0 Å². The molecule has 2 aromatic rings. The van der Waals surface area contributed by atoms with Crippen LogP contribution in [-0.2, 0) is 0 Å². The summed E-state index contributed by atoms with van der Waals surface area (Å²) in [5, 5.41) is 11.3. The van der Waals surface area contributed by atoms with Gasteiger partial charge in [-0.25, -0.2) is 4.39 Å². The maximum atomic E-state index is 13.3. The van der Waals surface area contributed by atoms with Crippen molar-refractivity contribution in [3.8, 4) is 0 Å². The fourth-order valence-electron chi connectivity index (χ4n) is 1.72. The zero-order valence-corrected chi connectivity index (χ0v) is 12.4. The molecule has 0 aliphatic heterocycles. The average Bonchev–Trinajstić information content (AvgIpc) is 2.38. The Bertz CT molecular complexity index is 690. The van der Waals surface area contributed by atoms with Crippen LogP contribution in [0.5, 0.6) is 0 Å². The molecule has 0 bridgehead atoms. The van der Waals surface area contributed by atoms with Crippen LogP contribution < -0.4 is 11.1 Å². The predicted octanol–water partition coefficient (Wildman–Crippen LogP) is 3.26. The van der Waals surface area contributed by atoms with Crippen LogP contribution in [0, 0.1) is 19.7 Å². The molecule has 0 amide bonds. The lowest BCUT2D eigenvalue weighted by atomic mass is 10.1. The van der Waals surface area contributed by atoms with Gasteiger partial charge in [0.1, 0.15) is 10.8 Å². The van der Waals surface area contributed by atoms with Crippen molar-refractivity contribution in [3.63, 3.8) is 0 Å². The summed E-state index contributed by atoms with van der Waals surface area (Å²) in [6.07, 6.45) is 0. The number of hydrogen-bond donors (Lipinski definition) is 2. The monoisotopic (exact) mass is 310 g/mol. The van der Waals surface area contributed by atoms with E-state index in [2.05, 4.69) is 15.5 Å². The molecule has 0 radical (unpaired) electrons. The minimum Gasteiger partial charge on any atom is -0.389 e. The Morgan fingerprint density at radius 1 is 1.35 bits per heavy atom. The van der Waals surface area contributed by atoms with Gasteiger partial charge in [0.15, 0.2) is 5.82 Å². The molecule has 1 aromatic heterocycles. The van der Waals surface area contributed by atoms with Gasteiger partial charge in [-0.15, -0.1) is 5.10 Å². The van der Waals surface area contributed by atoms with E-state index in [1.807, 2.05) is 13.8 Å². The number of nitrogens with one attached hydrogen (secondary N) is 1. The number of hydrogen-bond acceptors (Lipinski definition) is 4. The van der Waals surface area contributed by atoms with Crippen LogP contribution in [0.4, 0.5) is 15.9 Å². The van der Waals surface area contributed by atoms with Gasteiger partial charge >= 0.3 is 0 Å². The van der Waals surface area contributed by atoms with Crippen LogP contribution in [0.1, 0.15) is 16.8 Å². The highest BCUT2D eigenvalue weighted by molar-refractivity contribution is 7.80. The second-order valence-corrected chi connectivity index (χ2v) is 5.09. The first-order chi connectivity index (χ1) is 9.40. The molecule has 1 aromatic carbocycles. The second-order valence-electron chi connectivity index (χ2n) is 4.25. The molecule has 0 unspecified atom stereocenters. The highest BCUT2D eigenvalue weighted by Gasteiger charge is 2.15. The summed E-state index contributed by atoms with van der Waals surface area (Å²) in [5.74, 6) is -0.0568. The Labute approximate surface area is 126 Å². The molecule has 0 spiro atoms. The van der Waals surface area contributed by atoms with Gasteiger partial charge in [-0.2, -0.15) is 5.10 Å². The molecule has 4 nitrogen and oxygen atoms in total. The predicted molar refractivity (Wildman–Crippen MR) is 82.1 cm³/mol.